The van der Waals surface area contributed by atoms with Crippen molar-refractivity contribution in [2.24, 2.45) is 5.73 Å². The van der Waals surface area contributed by atoms with Crippen LogP contribution in [-0.4, -0.2) is 11.1 Å². The number of carboxylic acid groups (broad SMARTS) is 1. The van der Waals surface area contributed by atoms with Gasteiger partial charge >= 0.3 is 5.97 Å². The average molecular weight is 241 g/mol. The normalized spacial score (nSPS) is 13.8. The highest BCUT2D eigenvalue weighted by atomic mass is 16.4. The van der Waals surface area contributed by atoms with Gasteiger partial charge in [0, 0.05) is 6.42 Å². The Bertz CT molecular complexity index is 525. The zero-order chi connectivity index (χ0) is 13.0. The van der Waals surface area contributed by atoms with E-state index in [-0.39, 0.29) is 6.42 Å². The van der Waals surface area contributed by atoms with Crippen molar-refractivity contribution >= 4 is 5.97 Å². The molecule has 3 heteroatoms. The molecular weight excluding hydrogens is 226 g/mol. The third-order valence-corrected chi connectivity index (χ3v) is 3.00. The molecule has 0 heterocycles. The Morgan fingerprint density at radius 3 is 2.00 bits per heavy atom. The standard InChI is InChI=1S/C15H15NO2/c16-15(14(17)18,13-9-5-2-6-10-13)11-12-7-3-1-4-8-12/h1-10H,11,16H2,(H,17,18). The second-order valence-electron chi connectivity index (χ2n) is 4.30. The van der Waals surface area contributed by atoms with Crippen molar-refractivity contribution in [2.45, 2.75) is 12.0 Å². The number of rotatable bonds is 4. The van der Waals surface area contributed by atoms with Gasteiger partial charge in [0.05, 0.1) is 0 Å². The number of carboxylic acids is 1. The van der Waals surface area contributed by atoms with E-state index in [1.807, 2.05) is 36.4 Å². The smallest absolute Gasteiger partial charge is 0.328 e. The predicted octanol–water partition coefficient (Wildman–Crippen LogP) is 2.17. The Kier molecular flexibility index (Phi) is 3.44. The first-order valence-corrected chi connectivity index (χ1v) is 5.74. The molecule has 2 aromatic rings. The van der Waals surface area contributed by atoms with Crippen LogP contribution >= 0.6 is 0 Å². The van der Waals surface area contributed by atoms with Gasteiger partial charge in [-0.25, -0.2) is 4.79 Å². The summed E-state index contributed by atoms with van der Waals surface area (Å²) >= 11 is 0. The first-order valence-electron chi connectivity index (χ1n) is 5.74. The zero-order valence-corrected chi connectivity index (χ0v) is 9.91. The van der Waals surface area contributed by atoms with Gasteiger partial charge in [-0.2, -0.15) is 0 Å². The van der Waals surface area contributed by atoms with Crippen molar-refractivity contribution in [1.29, 1.82) is 0 Å². The summed E-state index contributed by atoms with van der Waals surface area (Å²) in [7, 11) is 0. The van der Waals surface area contributed by atoms with E-state index < -0.39 is 11.5 Å². The molecule has 0 aliphatic heterocycles. The highest BCUT2D eigenvalue weighted by Crippen LogP contribution is 2.23. The van der Waals surface area contributed by atoms with E-state index in [4.69, 9.17) is 5.73 Å². The Morgan fingerprint density at radius 1 is 1.00 bits per heavy atom. The van der Waals surface area contributed by atoms with Crippen LogP contribution in [0.2, 0.25) is 0 Å². The number of benzene rings is 2. The van der Waals surface area contributed by atoms with Crippen molar-refractivity contribution in [3.63, 3.8) is 0 Å². The monoisotopic (exact) mass is 241 g/mol. The lowest BCUT2D eigenvalue weighted by Crippen LogP contribution is -2.46. The number of aliphatic carboxylic acids is 1. The first kappa shape index (κ1) is 12.3. The van der Waals surface area contributed by atoms with Gasteiger partial charge in [-0.1, -0.05) is 60.7 Å². The summed E-state index contributed by atoms with van der Waals surface area (Å²) in [5, 5.41) is 9.42. The Labute approximate surface area is 106 Å². The number of carbonyl (C=O) groups is 1. The SMILES string of the molecule is NC(Cc1ccccc1)(C(=O)O)c1ccccc1. The second-order valence-corrected chi connectivity index (χ2v) is 4.30. The lowest BCUT2D eigenvalue weighted by Gasteiger charge is -2.25. The van der Waals surface area contributed by atoms with E-state index in [0.29, 0.717) is 5.56 Å². The fraction of sp³-hybridized carbons (Fsp3) is 0.133. The van der Waals surface area contributed by atoms with Gasteiger partial charge in [0.25, 0.3) is 0 Å². The Hall–Kier alpha value is -2.13. The zero-order valence-electron chi connectivity index (χ0n) is 9.91. The van der Waals surface area contributed by atoms with Gasteiger partial charge < -0.3 is 10.8 Å². The predicted molar refractivity (Wildman–Crippen MR) is 70.1 cm³/mol. The van der Waals surface area contributed by atoms with Gasteiger partial charge in [0.15, 0.2) is 0 Å². The third kappa shape index (κ3) is 2.41. The van der Waals surface area contributed by atoms with Crippen LogP contribution in [0, 0.1) is 0 Å². The van der Waals surface area contributed by atoms with Gasteiger partial charge in [-0.05, 0) is 11.1 Å². The van der Waals surface area contributed by atoms with Crippen LogP contribution in [0.5, 0.6) is 0 Å². The van der Waals surface area contributed by atoms with Crippen LogP contribution in [0.25, 0.3) is 0 Å². The highest BCUT2D eigenvalue weighted by Gasteiger charge is 2.35. The minimum Gasteiger partial charge on any atom is -0.480 e. The van der Waals surface area contributed by atoms with Crippen molar-refractivity contribution < 1.29 is 9.90 Å². The molecule has 3 N–H and O–H groups in total. The summed E-state index contributed by atoms with van der Waals surface area (Å²) < 4.78 is 0. The maximum Gasteiger partial charge on any atom is 0.328 e. The summed E-state index contributed by atoms with van der Waals surface area (Å²) in [6.07, 6.45) is 0.271. The summed E-state index contributed by atoms with van der Waals surface area (Å²) in [6, 6.07) is 18.3. The molecule has 3 nitrogen and oxygen atoms in total. The van der Waals surface area contributed by atoms with E-state index >= 15 is 0 Å². The summed E-state index contributed by atoms with van der Waals surface area (Å²) in [4.78, 5) is 11.5. The molecule has 0 saturated carbocycles. The first-order chi connectivity index (χ1) is 8.63. The fourth-order valence-electron chi connectivity index (χ4n) is 1.95. The lowest BCUT2D eigenvalue weighted by atomic mass is 9.85. The van der Waals surface area contributed by atoms with Gasteiger partial charge in [-0.3, -0.25) is 0 Å². The molecule has 0 bridgehead atoms. The average Bonchev–Trinajstić information content (AvgIpc) is 2.40. The fourth-order valence-corrected chi connectivity index (χ4v) is 1.95. The van der Waals surface area contributed by atoms with Crippen molar-refractivity contribution in [3.8, 4) is 0 Å². The van der Waals surface area contributed by atoms with Gasteiger partial charge in [0.1, 0.15) is 5.54 Å². The topological polar surface area (TPSA) is 63.3 Å². The van der Waals surface area contributed by atoms with Crippen molar-refractivity contribution in [1.82, 2.24) is 0 Å². The molecule has 0 radical (unpaired) electrons. The van der Waals surface area contributed by atoms with Gasteiger partial charge in [0.2, 0.25) is 0 Å². The molecule has 0 aliphatic carbocycles. The maximum absolute atomic E-state index is 11.5. The summed E-state index contributed by atoms with van der Waals surface area (Å²) in [5.41, 5.74) is 6.23. The quantitative estimate of drug-likeness (QED) is 0.862. The van der Waals surface area contributed by atoms with E-state index in [9.17, 15) is 9.90 Å². The van der Waals surface area contributed by atoms with Crippen molar-refractivity contribution in [3.05, 3.63) is 71.8 Å². The molecular formula is C15H15NO2. The van der Waals surface area contributed by atoms with Gasteiger partial charge in [-0.15, -0.1) is 0 Å². The van der Waals surface area contributed by atoms with E-state index in [1.165, 1.54) is 0 Å². The third-order valence-electron chi connectivity index (χ3n) is 3.00. The van der Waals surface area contributed by atoms with Crippen molar-refractivity contribution in [2.75, 3.05) is 0 Å². The molecule has 0 aromatic heterocycles. The maximum atomic E-state index is 11.5. The Balaban J connectivity index is 2.37. The minimum absolute atomic E-state index is 0.271. The van der Waals surface area contributed by atoms with Crippen LogP contribution in [0.1, 0.15) is 11.1 Å². The molecule has 0 aliphatic rings. The van der Waals surface area contributed by atoms with Crippen LogP contribution in [0.15, 0.2) is 60.7 Å². The lowest BCUT2D eigenvalue weighted by molar-refractivity contribution is -0.143. The Morgan fingerprint density at radius 2 is 1.50 bits per heavy atom. The molecule has 18 heavy (non-hydrogen) atoms. The molecule has 0 spiro atoms. The molecule has 1 unspecified atom stereocenters. The van der Waals surface area contributed by atoms with Crippen LogP contribution < -0.4 is 5.73 Å². The van der Waals surface area contributed by atoms with Crippen LogP contribution in [0.3, 0.4) is 0 Å². The molecule has 0 amide bonds. The number of hydrogen-bond donors (Lipinski definition) is 2. The minimum atomic E-state index is -1.39. The van der Waals surface area contributed by atoms with E-state index in [1.54, 1.807) is 24.3 Å². The summed E-state index contributed by atoms with van der Waals surface area (Å²) in [5.74, 6) is -1.02. The molecule has 2 aromatic carbocycles. The van der Waals surface area contributed by atoms with E-state index in [0.717, 1.165) is 5.56 Å². The molecule has 0 saturated heterocycles. The van der Waals surface area contributed by atoms with E-state index in [2.05, 4.69) is 0 Å². The summed E-state index contributed by atoms with van der Waals surface area (Å²) in [6.45, 7) is 0. The number of hydrogen-bond acceptors (Lipinski definition) is 2. The largest absolute Gasteiger partial charge is 0.480 e. The van der Waals surface area contributed by atoms with Crippen LogP contribution in [-0.2, 0) is 16.8 Å². The second kappa shape index (κ2) is 5.02. The van der Waals surface area contributed by atoms with Crippen LogP contribution in [0.4, 0.5) is 0 Å². The molecule has 2 rings (SSSR count). The molecule has 1 atom stereocenters. The molecule has 0 fully saturated rings. The highest BCUT2D eigenvalue weighted by molar-refractivity contribution is 5.81. The molecule has 92 valence electrons. The number of nitrogens with two attached hydrogens (primary N) is 1.